The molecule has 1 aliphatic carbocycles. The van der Waals surface area contributed by atoms with Gasteiger partial charge in [0.2, 0.25) is 0 Å². The summed E-state index contributed by atoms with van der Waals surface area (Å²) in [6.45, 7) is 2.49. The molecule has 6 heteroatoms. The Morgan fingerprint density at radius 3 is 2.75 bits per heavy atom. The molecule has 1 aromatic carbocycles. The summed E-state index contributed by atoms with van der Waals surface area (Å²) in [5.74, 6) is 0.636. The first-order valence-corrected chi connectivity index (χ1v) is 6.90. The van der Waals surface area contributed by atoms with Crippen molar-refractivity contribution in [1.82, 2.24) is 0 Å². The Labute approximate surface area is 118 Å². The zero-order chi connectivity index (χ0) is 14.8. The quantitative estimate of drug-likeness (QED) is 0.446. The van der Waals surface area contributed by atoms with Crippen LogP contribution < -0.4 is 11.1 Å². The molecule has 1 aliphatic rings. The lowest BCUT2D eigenvalue weighted by Gasteiger charge is -2.35. The molecule has 1 fully saturated rings. The summed E-state index contributed by atoms with van der Waals surface area (Å²) >= 11 is 0. The van der Waals surface area contributed by atoms with Crippen LogP contribution in [0.3, 0.4) is 0 Å². The molecule has 0 radical (unpaired) electrons. The van der Waals surface area contributed by atoms with Gasteiger partial charge in [-0.05, 0) is 43.7 Å². The minimum atomic E-state index is -0.787. The molecule has 0 saturated heterocycles. The van der Waals surface area contributed by atoms with Crippen molar-refractivity contribution in [3.8, 4) is 0 Å². The average molecular weight is 279 g/mol. The fraction of sp³-hybridized carbons (Fsp3) is 0.571. The van der Waals surface area contributed by atoms with Gasteiger partial charge in [-0.1, -0.05) is 13.0 Å². The monoisotopic (exact) mass is 279 g/mol. The molecule has 0 spiro atoms. The molecule has 0 bridgehead atoms. The third-order valence-corrected chi connectivity index (χ3v) is 4.06. The van der Waals surface area contributed by atoms with Gasteiger partial charge in [0.05, 0.1) is 10.5 Å². The first kappa shape index (κ1) is 14.6. The van der Waals surface area contributed by atoms with Gasteiger partial charge in [-0.25, -0.2) is 0 Å². The average Bonchev–Trinajstić information content (AvgIpc) is 2.40. The summed E-state index contributed by atoms with van der Waals surface area (Å²) in [5, 5.41) is 24.5. The Hall–Kier alpha value is -1.82. The predicted octanol–water partition coefficient (Wildman–Crippen LogP) is 2.53. The van der Waals surface area contributed by atoms with Crippen LogP contribution in [0.1, 0.15) is 32.6 Å². The molecule has 110 valence electrons. The Morgan fingerprint density at radius 2 is 2.15 bits per heavy atom. The lowest BCUT2D eigenvalue weighted by molar-refractivity contribution is -0.383. The number of nitrogens with two attached hydrogens (primary N) is 1. The number of nitro benzene ring substituents is 1. The van der Waals surface area contributed by atoms with Gasteiger partial charge in [-0.2, -0.15) is 0 Å². The second kappa shape index (κ2) is 5.66. The molecule has 0 aliphatic heterocycles. The molecule has 0 aromatic heterocycles. The topological polar surface area (TPSA) is 101 Å². The van der Waals surface area contributed by atoms with Gasteiger partial charge in [-0.3, -0.25) is 10.1 Å². The summed E-state index contributed by atoms with van der Waals surface area (Å²) in [6.07, 6.45) is 3.41. The molecule has 0 amide bonds. The smallest absolute Gasteiger partial charge is 0.314 e. The maximum atomic E-state index is 11.0. The molecule has 1 saturated carbocycles. The number of hydrogen-bond donors (Lipinski definition) is 3. The second-order valence-electron chi connectivity index (χ2n) is 5.76. The van der Waals surface area contributed by atoms with Gasteiger partial charge in [0, 0.05) is 6.54 Å². The second-order valence-corrected chi connectivity index (χ2v) is 5.76. The molecular weight excluding hydrogens is 258 g/mol. The Bertz CT molecular complexity index is 496. The highest BCUT2D eigenvalue weighted by molar-refractivity contribution is 5.74. The van der Waals surface area contributed by atoms with Crippen LogP contribution in [-0.2, 0) is 0 Å². The molecule has 2 rings (SSSR count). The van der Waals surface area contributed by atoms with Crippen molar-refractivity contribution in [2.24, 2.45) is 5.92 Å². The minimum absolute atomic E-state index is 0.125. The zero-order valence-corrected chi connectivity index (χ0v) is 11.6. The van der Waals surface area contributed by atoms with Crippen LogP contribution in [-0.4, -0.2) is 22.2 Å². The van der Waals surface area contributed by atoms with Gasteiger partial charge in [0.25, 0.3) is 0 Å². The lowest BCUT2D eigenvalue weighted by atomic mass is 9.79. The number of benzene rings is 1. The van der Waals surface area contributed by atoms with Crippen LogP contribution in [0.4, 0.5) is 17.1 Å². The fourth-order valence-corrected chi connectivity index (χ4v) is 2.64. The number of nitro groups is 1. The van der Waals surface area contributed by atoms with Crippen molar-refractivity contribution in [3.63, 3.8) is 0 Å². The third-order valence-electron chi connectivity index (χ3n) is 4.06. The van der Waals surface area contributed by atoms with E-state index in [1.807, 2.05) is 0 Å². The molecule has 6 nitrogen and oxygen atoms in total. The van der Waals surface area contributed by atoms with Gasteiger partial charge < -0.3 is 16.2 Å². The molecule has 20 heavy (non-hydrogen) atoms. The number of hydrogen-bond acceptors (Lipinski definition) is 5. The Morgan fingerprint density at radius 1 is 1.50 bits per heavy atom. The van der Waals surface area contributed by atoms with E-state index in [1.54, 1.807) is 12.1 Å². The summed E-state index contributed by atoms with van der Waals surface area (Å²) in [5.41, 5.74) is 5.22. The van der Waals surface area contributed by atoms with Gasteiger partial charge in [0.15, 0.2) is 0 Å². The number of aliphatic hydroxyl groups is 1. The normalized spacial score (nSPS) is 26.2. The van der Waals surface area contributed by atoms with Crippen molar-refractivity contribution < 1.29 is 10.0 Å². The predicted molar refractivity (Wildman–Crippen MR) is 78.6 cm³/mol. The van der Waals surface area contributed by atoms with Crippen molar-refractivity contribution in [2.75, 3.05) is 17.6 Å². The van der Waals surface area contributed by atoms with Crippen LogP contribution in [0.5, 0.6) is 0 Å². The maximum Gasteiger partial charge on any atom is 0.314 e. The zero-order valence-electron chi connectivity index (χ0n) is 11.6. The molecule has 0 atom stereocenters. The summed E-state index contributed by atoms with van der Waals surface area (Å²) in [7, 11) is 0. The standard InChI is InChI=1S/C14H21N3O3/c1-10-5-7-14(18,8-6-10)9-16-12-4-2-3-11(15)13(12)17(19)20/h2-4,10,16,18H,5-9,15H2,1H3. The number of nitrogen functional groups attached to an aromatic ring is 1. The van der Waals surface area contributed by atoms with Crippen LogP contribution in [0.25, 0.3) is 0 Å². The number of anilines is 2. The van der Waals surface area contributed by atoms with E-state index in [4.69, 9.17) is 5.73 Å². The van der Waals surface area contributed by atoms with E-state index in [1.165, 1.54) is 6.07 Å². The van der Waals surface area contributed by atoms with Gasteiger partial charge in [0.1, 0.15) is 11.4 Å². The van der Waals surface area contributed by atoms with Crippen molar-refractivity contribution in [3.05, 3.63) is 28.3 Å². The maximum absolute atomic E-state index is 11.0. The Kier molecular flexibility index (Phi) is 4.13. The molecule has 4 N–H and O–H groups in total. The van der Waals surface area contributed by atoms with Crippen molar-refractivity contribution in [1.29, 1.82) is 0 Å². The summed E-state index contributed by atoms with van der Waals surface area (Å²) < 4.78 is 0. The van der Waals surface area contributed by atoms with E-state index in [2.05, 4.69) is 12.2 Å². The SMILES string of the molecule is CC1CCC(O)(CNc2cccc(N)c2[N+](=O)[O-])CC1. The van der Waals surface area contributed by atoms with E-state index in [-0.39, 0.29) is 11.4 Å². The summed E-state index contributed by atoms with van der Waals surface area (Å²) in [6, 6.07) is 4.78. The van der Waals surface area contributed by atoms with Crippen molar-refractivity contribution >= 4 is 17.1 Å². The first-order chi connectivity index (χ1) is 9.41. The van der Waals surface area contributed by atoms with E-state index in [9.17, 15) is 15.2 Å². The van der Waals surface area contributed by atoms with E-state index < -0.39 is 10.5 Å². The van der Waals surface area contributed by atoms with Gasteiger partial charge in [-0.15, -0.1) is 0 Å². The third kappa shape index (κ3) is 3.19. The molecular formula is C14H21N3O3. The highest BCUT2D eigenvalue weighted by Crippen LogP contribution is 2.34. The van der Waals surface area contributed by atoms with Crippen LogP contribution in [0.15, 0.2) is 18.2 Å². The first-order valence-electron chi connectivity index (χ1n) is 6.90. The number of nitrogens with zero attached hydrogens (tertiary/aromatic N) is 1. The van der Waals surface area contributed by atoms with Crippen LogP contribution in [0.2, 0.25) is 0 Å². The van der Waals surface area contributed by atoms with Crippen LogP contribution >= 0.6 is 0 Å². The molecule has 0 heterocycles. The number of nitrogens with one attached hydrogen (secondary N) is 1. The largest absolute Gasteiger partial charge is 0.393 e. The number of para-hydroxylation sites is 1. The highest BCUT2D eigenvalue weighted by Gasteiger charge is 2.32. The van der Waals surface area contributed by atoms with Crippen molar-refractivity contribution in [2.45, 2.75) is 38.2 Å². The van der Waals surface area contributed by atoms with E-state index in [0.29, 0.717) is 18.2 Å². The fourth-order valence-electron chi connectivity index (χ4n) is 2.64. The molecule has 0 unspecified atom stereocenters. The highest BCUT2D eigenvalue weighted by atomic mass is 16.6. The van der Waals surface area contributed by atoms with Gasteiger partial charge >= 0.3 is 5.69 Å². The van der Waals surface area contributed by atoms with Crippen LogP contribution in [0, 0.1) is 16.0 Å². The number of rotatable bonds is 4. The van der Waals surface area contributed by atoms with E-state index >= 15 is 0 Å². The Balaban J connectivity index is 2.08. The summed E-state index contributed by atoms with van der Waals surface area (Å²) in [4.78, 5) is 10.5. The minimum Gasteiger partial charge on any atom is -0.393 e. The molecule has 1 aromatic rings. The van der Waals surface area contributed by atoms with E-state index in [0.717, 1.165) is 25.7 Å². The lowest BCUT2D eigenvalue weighted by Crippen LogP contribution is -2.40.